The Hall–Kier alpha value is -2.48. The predicted octanol–water partition coefficient (Wildman–Crippen LogP) is 6.60. The van der Waals surface area contributed by atoms with Crippen molar-refractivity contribution in [2.75, 3.05) is 6.54 Å². The summed E-state index contributed by atoms with van der Waals surface area (Å²) in [4.78, 5) is 25.9. The molecule has 0 saturated carbocycles. The van der Waals surface area contributed by atoms with Crippen LogP contribution in [-0.4, -0.2) is 47.2 Å². The standard InChI is InChI=1S/C20H17F12NO2/c1-3-4-7-33-13(34)11-6-5-10(17(23,24)25)8-12(11)15(2,14(33)35)9-16(21,22)18(26,27)19(28,29)20(30,31)32/h5-6,8H,3-4,7,9H2,1-2H3. The second-order valence-electron chi connectivity index (χ2n) is 8.23. The number of rotatable bonds is 7. The Morgan fingerprint density at radius 2 is 1.40 bits per heavy atom. The smallest absolute Gasteiger partial charge is 0.278 e. The lowest BCUT2D eigenvalue weighted by atomic mass is 9.70. The van der Waals surface area contributed by atoms with Gasteiger partial charge >= 0.3 is 30.1 Å². The average Bonchev–Trinajstić information content (AvgIpc) is 2.70. The normalized spacial score (nSPS) is 20.3. The van der Waals surface area contributed by atoms with Crippen molar-refractivity contribution in [3.8, 4) is 0 Å². The van der Waals surface area contributed by atoms with Gasteiger partial charge in [0.1, 0.15) is 0 Å². The number of alkyl halides is 12. The highest BCUT2D eigenvalue weighted by Gasteiger charge is 2.82. The van der Waals surface area contributed by atoms with Crippen molar-refractivity contribution < 1.29 is 62.3 Å². The van der Waals surface area contributed by atoms with Gasteiger partial charge in [-0.25, -0.2) is 0 Å². The van der Waals surface area contributed by atoms with E-state index in [4.69, 9.17) is 0 Å². The molecule has 0 spiro atoms. The van der Waals surface area contributed by atoms with Crippen LogP contribution in [0.5, 0.6) is 0 Å². The first kappa shape index (κ1) is 28.8. The fourth-order valence-electron chi connectivity index (χ4n) is 3.67. The maximum absolute atomic E-state index is 14.5. The van der Waals surface area contributed by atoms with Crippen LogP contribution in [-0.2, 0) is 16.4 Å². The van der Waals surface area contributed by atoms with E-state index in [-0.39, 0.29) is 17.4 Å². The Bertz CT molecular complexity index is 999. The molecule has 1 aliphatic rings. The van der Waals surface area contributed by atoms with Crippen molar-refractivity contribution in [3.05, 3.63) is 34.9 Å². The SMILES string of the molecule is CCCCN1C(=O)c2ccc(C(F)(F)F)cc2C(C)(CC(F)(F)C(F)(F)C(F)(F)C(F)(F)F)C1=O. The largest absolute Gasteiger partial charge is 0.460 e. The highest BCUT2D eigenvalue weighted by molar-refractivity contribution is 6.13. The number of carbonyl (C=O) groups is 2. The van der Waals surface area contributed by atoms with Gasteiger partial charge in [0.2, 0.25) is 5.91 Å². The van der Waals surface area contributed by atoms with E-state index in [1.165, 1.54) is 0 Å². The molecule has 1 aliphatic heterocycles. The summed E-state index contributed by atoms with van der Waals surface area (Å²) in [5, 5.41) is 0. The molecular weight excluding hydrogens is 514 g/mol. The number of fused-ring (bicyclic) bond motifs is 1. The van der Waals surface area contributed by atoms with E-state index in [1.54, 1.807) is 6.92 Å². The highest BCUT2D eigenvalue weighted by Crippen LogP contribution is 2.57. The van der Waals surface area contributed by atoms with Crippen LogP contribution < -0.4 is 0 Å². The Labute approximate surface area is 190 Å². The summed E-state index contributed by atoms with van der Waals surface area (Å²) < 4.78 is 161. The first-order valence-corrected chi connectivity index (χ1v) is 9.84. The van der Waals surface area contributed by atoms with Gasteiger partial charge in [-0.05, 0) is 37.1 Å². The van der Waals surface area contributed by atoms with E-state index in [0.29, 0.717) is 25.5 Å². The Morgan fingerprint density at radius 3 is 1.86 bits per heavy atom. The van der Waals surface area contributed by atoms with Crippen LogP contribution in [0.25, 0.3) is 0 Å². The first-order valence-electron chi connectivity index (χ1n) is 9.84. The number of benzene rings is 1. The van der Waals surface area contributed by atoms with Crippen LogP contribution in [0, 0.1) is 0 Å². The van der Waals surface area contributed by atoms with E-state index in [1.807, 2.05) is 0 Å². The van der Waals surface area contributed by atoms with Gasteiger partial charge in [0, 0.05) is 18.5 Å². The summed E-state index contributed by atoms with van der Waals surface area (Å²) in [6, 6.07) is 0.874. The van der Waals surface area contributed by atoms with Gasteiger partial charge in [-0.1, -0.05) is 13.3 Å². The summed E-state index contributed by atoms with van der Waals surface area (Å²) in [7, 11) is 0. The molecule has 0 radical (unpaired) electrons. The van der Waals surface area contributed by atoms with Gasteiger partial charge in [-0.15, -0.1) is 0 Å². The van der Waals surface area contributed by atoms with Crippen LogP contribution in [0.3, 0.4) is 0 Å². The molecule has 1 aromatic rings. The third-order valence-electron chi connectivity index (χ3n) is 5.65. The van der Waals surface area contributed by atoms with Crippen LogP contribution in [0.15, 0.2) is 18.2 Å². The summed E-state index contributed by atoms with van der Waals surface area (Å²) in [5.41, 5.74) is -6.74. The number of amides is 2. The molecule has 1 aromatic carbocycles. The fourth-order valence-corrected chi connectivity index (χ4v) is 3.67. The highest BCUT2D eigenvalue weighted by atomic mass is 19.4. The number of unbranched alkanes of at least 4 members (excludes halogenated alkanes) is 1. The quantitative estimate of drug-likeness (QED) is 0.294. The zero-order valence-corrected chi connectivity index (χ0v) is 17.9. The number of imide groups is 1. The molecule has 15 heteroatoms. The van der Waals surface area contributed by atoms with E-state index < -0.39 is 77.0 Å². The molecule has 0 saturated heterocycles. The summed E-state index contributed by atoms with van der Waals surface area (Å²) in [5.74, 6) is -23.6. The molecule has 2 rings (SSSR count). The number of halogens is 12. The second-order valence-corrected chi connectivity index (χ2v) is 8.23. The van der Waals surface area contributed by atoms with Gasteiger partial charge < -0.3 is 0 Å². The van der Waals surface area contributed by atoms with E-state index in [0.717, 1.165) is 0 Å². The maximum atomic E-state index is 14.5. The van der Waals surface area contributed by atoms with Gasteiger partial charge in [-0.3, -0.25) is 14.5 Å². The lowest BCUT2D eigenvalue weighted by molar-refractivity contribution is -0.397. The van der Waals surface area contributed by atoms with Gasteiger partial charge in [0.25, 0.3) is 5.91 Å². The lowest BCUT2D eigenvalue weighted by Gasteiger charge is -2.43. The van der Waals surface area contributed by atoms with E-state index in [2.05, 4.69) is 0 Å². The van der Waals surface area contributed by atoms with Crippen molar-refractivity contribution in [1.82, 2.24) is 4.90 Å². The second kappa shape index (κ2) is 8.57. The molecule has 3 nitrogen and oxygen atoms in total. The third kappa shape index (κ3) is 4.57. The van der Waals surface area contributed by atoms with Crippen molar-refractivity contribution in [3.63, 3.8) is 0 Å². The van der Waals surface area contributed by atoms with Gasteiger partial charge in [0.15, 0.2) is 0 Å². The molecule has 0 N–H and O–H groups in total. The van der Waals surface area contributed by atoms with Crippen molar-refractivity contribution in [1.29, 1.82) is 0 Å². The summed E-state index contributed by atoms with van der Waals surface area (Å²) in [6.45, 7) is 1.45. The van der Waals surface area contributed by atoms with Gasteiger partial charge in [-0.2, -0.15) is 52.7 Å². The maximum Gasteiger partial charge on any atom is 0.460 e. The Balaban J connectivity index is 2.75. The molecule has 0 aromatic heterocycles. The molecule has 198 valence electrons. The predicted molar refractivity (Wildman–Crippen MR) is 95.3 cm³/mol. The molecule has 2 amide bonds. The molecule has 1 atom stereocenters. The average molecular weight is 531 g/mol. The summed E-state index contributed by atoms with van der Waals surface area (Å²) in [6.07, 6.45) is -14.7. The topological polar surface area (TPSA) is 37.4 Å². The first-order chi connectivity index (χ1) is 15.6. The minimum Gasteiger partial charge on any atom is -0.278 e. The zero-order chi connectivity index (χ0) is 27.4. The monoisotopic (exact) mass is 531 g/mol. The molecular formula is C20H17F12NO2. The fraction of sp³-hybridized carbons (Fsp3) is 0.600. The Morgan fingerprint density at radius 1 is 0.857 bits per heavy atom. The summed E-state index contributed by atoms with van der Waals surface area (Å²) >= 11 is 0. The minimum absolute atomic E-state index is 0.0401. The van der Waals surface area contributed by atoms with Crippen molar-refractivity contribution in [2.24, 2.45) is 0 Å². The molecule has 0 fully saturated rings. The van der Waals surface area contributed by atoms with Crippen LogP contribution in [0.1, 0.15) is 54.6 Å². The Kier molecular flexibility index (Phi) is 7.04. The lowest BCUT2D eigenvalue weighted by Crippen LogP contribution is -2.64. The molecule has 35 heavy (non-hydrogen) atoms. The third-order valence-corrected chi connectivity index (χ3v) is 5.65. The molecule has 0 aliphatic carbocycles. The number of nitrogens with zero attached hydrogens (tertiary/aromatic N) is 1. The minimum atomic E-state index is -7.26. The molecule has 1 heterocycles. The van der Waals surface area contributed by atoms with Crippen molar-refractivity contribution >= 4 is 11.8 Å². The molecule has 0 bridgehead atoms. The molecule has 1 unspecified atom stereocenters. The van der Waals surface area contributed by atoms with E-state index in [9.17, 15) is 62.3 Å². The van der Waals surface area contributed by atoms with Crippen LogP contribution in [0.4, 0.5) is 52.7 Å². The van der Waals surface area contributed by atoms with Gasteiger partial charge in [0.05, 0.1) is 11.0 Å². The van der Waals surface area contributed by atoms with Crippen LogP contribution in [0.2, 0.25) is 0 Å². The van der Waals surface area contributed by atoms with Crippen LogP contribution >= 0.6 is 0 Å². The number of carbonyl (C=O) groups excluding carboxylic acids is 2. The number of hydrogen-bond donors (Lipinski definition) is 0. The number of hydrogen-bond acceptors (Lipinski definition) is 2. The zero-order valence-electron chi connectivity index (χ0n) is 17.9. The van der Waals surface area contributed by atoms with E-state index >= 15 is 0 Å². The van der Waals surface area contributed by atoms with Crippen molar-refractivity contribution in [2.45, 2.75) is 68.6 Å².